The lowest BCUT2D eigenvalue weighted by Crippen LogP contribution is -2.37. The maximum absolute atomic E-state index is 13.8. The number of aromatic nitrogens is 1. The number of carbonyl (C=O) groups is 1. The minimum atomic E-state index is -0.415. The van der Waals surface area contributed by atoms with Crippen molar-refractivity contribution in [2.75, 3.05) is 12.0 Å². The van der Waals surface area contributed by atoms with Crippen molar-refractivity contribution < 1.29 is 14.6 Å². The van der Waals surface area contributed by atoms with Crippen LogP contribution in [0.5, 0.6) is 11.5 Å². The molecule has 0 fully saturated rings. The molecule has 34 heavy (non-hydrogen) atoms. The minimum absolute atomic E-state index is 0.0986. The number of fused-ring (bicyclic) bond motifs is 1. The highest BCUT2D eigenvalue weighted by Gasteiger charge is 2.34. The van der Waals surface area contributed by atoms with E-state index in [1.807, 2.05) is 54.6 Å². The van der Waals surface area contributed by atoms with Gasteiger partial charge in [0.25, 0.3) is 11.5 Å². The first-order valence-corrected chi connectivity index (χ1v) is 11.1. The number of amides is 1. The molecule has 5 rings (SSSR count). The third-order valence-electron chi connectivity index (χ3n) is 6.34. The normalized spacial score (nSPS) is 14.4. The average Bonchev–Trinajstić information content (AvgIpc) is 3.29. The molecule has 0 aliphatic heterocycles. The largest absolute Gasteiger partial charge is 0.508 e. The summed E-state index contributed by atoms with van der Waals surface area (Å²) in [6.45, 7) is 0. The van der Waals surface area contributed by atoms with Crippen LogP contribution in [-0.2, 0) is 6.42 Å². The van der Waals surface area contributed by atoms with Gasteiger partial charge in [0, 0.05) is 11.9 Å². The van der Waals surface area contributed by atoms with E-state index < -0.39 is 5.56 Å². The van der Waals surface area contributed by atoms with E-state index >= 15 is 0 Å². The van der Waals surface area contributed by atoms with Crippen LogP contribution in [-0.4, -0.2) is 23.1 Å². The number of H-pyrrole nitrogens is 1. The maximum atomic E-state index is 13.8. The number of ether oxygens (including phenoxy) is 1. The predicted octanol–water partition coefficient (Wildman–Crippen LogP) is 5.09. The number of methoxy groups -OCH3 is 1. The zero-order chi connectivity index (χ0) is 23.7. The van der Waals surface area contributed by atoms with E-state index in [1.165, 1.54) is 6.20 Å². The van der Waals surface area contributed by atoms with E-state index in [-0.39, 0.29) is 23.3 Å². The average molecular weight is 453 g/mol. The number of aromatic amines is 1. The summed E-state index contributed by atoms with van der Waals surface area (Å²) in [4.78, 5) is 30.6. The van der Waals surface area contributed by atoms with Crippen LogP contribution in [0.1, 0.15) is 33.9 Å². The Morgan fingerprint density at radius 3 is 2.35 bits per heavy atom. The van der Waals surface area contributed by atoms with Crippen molar-refractivity contribution in [2.45, 2.75) is 18.9 Å². The van der Waals surface area contributed by atoms with Gasteiger partial charge in [-0.25, -0.2) is 0 Å². The Balaban J connectivity index is 1.59. The molecule has 1 unspecified atom stereocenters. The van der Waals surface area contributed by atoms with Gasteiger partial charge in [0.15, 0.2) is 0 Å². The highest BCUT2D eigenvalue weighted by atomic mass is 16.5. The number of phenols is 1. The number of nitrogens with one attached hydrogen (secondary N) is 1. The minimum Gasteiger partial charge on any atom is -0.508 e. The SMILES string of the molecule is COc1cccc2c1CCC2N(C(=O)c1ccc[nH]c1=O)c1ccc(-c2ccc(O)cc2)cc1. The van der Waals surface area contributed by atoms with Crippen LogP contribution in [0.25, 0.3) is 11.1 Å². The molecule has 0 saturated heterocycles. The molecule has 6 heteroatoms. The number of anilines is 1. The Kier molecular flexibility index (Phi) is 5.64. The van der Waals surface area contributed by atoms with Crippen molar-refractivity contribution in [3.63, 3.8) is 0 Å². The standard InChI is InChI=1S/C28H24N2O4/c1-34-26-6-2-4-22-23(26)15-16-25(22)30(28(33)24-5-3-17-29-27(24)32)20-11-7-18(8-12-20)19-9-13-21(31)14-10-19/h2-14,17,25,31H,15-16H2,1H3,(H,29,32). The molecule has 1 amide bonds. The second-order valence-corrected chi connectivity index (χ2v) is 8.26. The van der Waals surface area contributed by atoms with E-state index in [1.54, 1.807) is 36.3 Å². The number of hydrogen-bond donors (Lipinski definition) is 2. The van der Waals surface area contributed by atoms with Crippen molar-refractivity contribution in [2.24, 2.45) is 0 Å². The summed E-state index contributed by atoms with van der Waals surface area (Å²) >= 11 is 0. The lowest BCUT2D eigenvalue weighted by molar-refractivity contribution is 0.0974. The Labute approximate surface area is 197 Å². The molecular weight excluding hydrogens is 428 g/mol. The molecular formula is C28H24N2O4. The zero-order valence-corrected chi connectivity index (χ0v) is 18.7. The van der Waals surface area contributed by atoms with Gasteiger partial charge in [-0.1, -0.05) is 36.4 Å². The van der Waals surface area contributed by atoms with Crippen LogP contribution < -0.4 is 15.2 Å². The number of rotatable bonds is 5. The van der Waals surface area contributed by atoms with Crippen LogP contribution in [0.3, 0.4) is 0 Å². The lowest BCUT2D eigenvalue weighted by Gasteiger charge is -2.30. The molecule has 0 bridgehead atoms. The summed E-state index contributed by atoms with van der Waals surface area (Å²) in [5.41, 5.74) is 4.43. The second kappa shape index (κ2) is 8.90. The van der Waals surface area contributed by atoms with Gasteiger partial charge in [-0.05, 0) is 77.6 Å². The van der Waals surface area contributed by atoms with Gasteiger partial charge in [-0.2, -0.15) is 0 Å². The number of nitrogens with zero attached hydrogens (tertiary/aromatic N) is 1. The maximum Gasteiger partial charge on any atom is 0.264 e. The third-order valence-corrected chi connectivity index (χ3v) is 6.34. The van der Waals surface area contributed by atoms with E-state index in [0.717, 1.165) is 40.8 Å². The molecule has 4 aromatic rings. The molecule has 1 heterocycles. The summed E-state index contributed by atoms with van der Waals surface area (Å²) in [5, 5.41) is 9.57. The topological polar surface area (TPSA) is 82.6 Å². The van der Waals surface area contributed by atoms with Crippen LogP contribution in [0, 0.1) is 0 Å². The van der Waals surface area contributed by atoms with E-state index in [4.69, 9.17) is 4.74 Å². The second-order valence-electron chi connectivity index (χ2n) is 8.26. The molecule has 1 atom stereocenters. The van der Waals surface area contributed by atoms with Gasteiger partial charge in [-0.15, -0.1) is 0 Å². The van der Waals surface area contributed by atoms with Gasteiger partial charge in [0.1, 0.15) is 17.1 Å². The molecule has 1 aromatic heterocycles. The number of benzene rings is 3. The monoisotopic (exact) mass is 452 g/mol. The quantitative estimate of drug-likeness (QED) is 0.442. The zero-order valence-electron chi connectivity index (χ0n) is 18.7. The lowest BCUT2D eigenvalue weighted by atomic mass is 10.0. The fraction of sp³-hybridized carbons (Fsp3) is 0.143. The number of phenolic OH excluding ortho intramolecular Hbond substituents is 1. The first kappa shape index (κ1) is 21.5. The highest BCUT2D eigenvalue weighted by molar-refractivity contribution is 6.06. The highest BCUT2D eigenvalue weighted by Crippen LogP contribution is 2.42. The molecule has 170 valence electrons. The van der Waals surface area contributed by atoms with Crippen LogP contribution in [0.2, 0.25) is 0 Å². The molecule has 0 radical (unpaired) electrons. The van der Waals surface area contributed by atoms with Crippen molar-refractivity contribution in [3.8, 4) is 22.6 Å². The summed E-state index contributed by atoms with van der Waals surface area (Å²) < 4.78 is 5.55. The fourth-order valence-electron chi connectivity index (χ4n) is 4.69. The Morgan fingerprint density at radius 2 is 1.68 bits per heavy atom. The Morgan fingerprint density at radius 1 is 0.971 bits per heavy atom. The predicted molar refractivity (Wildman–Crippen MR) is 131 cm³/mol. The van der Waals surface area contributed by atoms with Gasteiger partial charge in [0.05, 0.1) is 13.2 Å². The molecule has 0 spiro atoms. The number of carbonyl (C=O) groups excluding carboxylic acids is 1. The van der Waals surface area contributed by atoms with Crippen molar-refractivity contribution in [3.05, 3.63) is 112 Å². The molecule has 3 aromatic carbocycles. The van der Waals surface area contributed by atoms with E-state index in [9.17, 15) is 14.7 Å². The fourth-order valence-corrected chi connectivity index (χ4v) is 4.69. The van der Waals surface area contributed by atoms with Crippen molar-refractivity contribution in [1.82, 2.24) is 4.98 Å². The van der Waals surface area contributed by atoms with Crippen molar-refractivity contribution in [1.29, 1.82) is 0 Å². The first-order valence-electron chi connectivity index (χ1n) is 11.1. The van der Waals surface area contributed by atoms with Crippen LogP contribution in [0.15, 0.2) is 89.9 Å². The van der Waals surface area contributed by atoms with Gasteiger partial charge in [0.2, 0.25) is 0 Å². The summed E-state index contributed by atoms with van der Waals surface area (Å²) in [6, 6.07) is 23.5. The van der Waals surface area contributed by atoms with Gasteiger partial charge < -0.3 is 19.7 Å². The number of aromatic hydroxyl groups is 1. The smallest absolute Gasteiger partial charge is 0.264 e. The summed E-state index contributed by atoms with van der Waals surface area (Å²) in [7, 11) is 1.65. The summed E-state index contributed by atoms with van der Waals surface area (Å²) in [6.07, 6.45) is 3.03. The third kappa shape index (κ3) is 3.83. The van der Waals surface area contributed by atoms with E-state index in [0.29, 0.717) is 5.69 Å². The van der Waals surface area contributed by atoms with Crippen LogP contribution >= 0.6 is 0 Å². The van der Waals surface area contributed by atoms with Gasteiger partial charge >= 0.3 is 0 Å². The molecule has 1 aliphatic rings. The molecule has 1 aliphatic carbocycles. The number of pyridine rings is 1. The summed E-state index contributed by atoms with van der Waals surface area (Å²) in [5.74, 6) is 0.674. The molecule has 2 N–H and O–H groups in total. The van der Waals surface area contributed by atoms with E-state index in [2.05, 4.69) is 4.98 Å². The van der Waals surface area contributed by atoms with Crippen molar-refractivity contribution >= 4 is 11.6 Å². The molecule has 6 nitrogen and oxygen atoms in total. The Bertz CT molecular complexity index is 1390. The van der Waals surface area contributed by atoms with Gasteiger partial charge in [-0.3, -0.25) is 9.59 Å². The number of hydrogen-bond acceptors (Lipinski definition) is 4. The molecule has 0 saturated carbocycles. The Hall–Kier alpha value is -4.32. The first-order chi connectivity index (χ1) is 16.6. The van der Waals surface area contributed by atoms with Crippen LogP contribution in [0.4, 0.5) is 5.69 Å².